The third-order valence-electron chi connectivity index (χ3n) is 3.41. The number of hydrogen-bond acceptors (Lipinski definition) is 2. The summed E-state index contributed by atoms with van der Waals surface area (Å²) in [5.74, 6) is 0.292. The summed E-state index contributed by atoms with van der Waals surface area (Å²) in [6, 6.07) is 7.67. The fraction of sp³-hybridized carbons (Fsp3) is 0.462. The van der Waals surface area contributed by atoms with Gasteiger partial charge in [0.2, 0.25) is 0 Å². The standard InChI is InChI=1S/C13H16BrNO/c1-15-9-13(7-2-8-13)12(16)10-3-5-11(14)6-4-10/h3-6,15H,2,7-9H2,1H3. The van der Waals surface area contributed by atoms with Gasteiger partial charge in [-0.1, -0.05) is 34.5 Å². The molecule has 0 spiro atoms. The molecule has 0 atom stereocenters. The van der Waals surface area contributed by atoms with Gasteiger partial charge in [0, 0.05) is 22.0 Å². The Labute approximate surface area is 105 Å². The summed E-state index contributed by atoms with van der Waals surface area (Å²) in [5.41, 5.74) is 0.695. The summed E-state index contributed by atoms with van der Waals surface area (Å²) in [5, 5.41) is 3.14. The smallest absolute Gasteiger partial charge is 0.170 e. The molecule has 1 saturated carbocycles. The molecule has 2 nitrogen and oxygen atoms in total. The molecule has 1 N–H and O–H groups in total. The molecule has 86 valence electrons. The second-order valence-corrected chi connectivity index (χ2v) is 5.42. The van der Waals surface area contributed by atoms with Crippen LogP contribution in [0.25, 0.3) is 0 Å². The van der Waals surface area contributed by atoms with Gasteiger partial charge in [0.1, 0.15) is 0 Å². The zero-order valence-electron chi connectivity index (χ0n) is 9.42. The number of carbonyl (C=O) groups is 1. The molecule has 1 aromatic rings. The van der Waals surface area contributed by atoms with Crippen molar-refractivity contribution in [1.29, 1.82) is 0 Å². The van der Waals surface area contributed by atoms with Crippen LogP contribution in [0.15, 0.2) is 28.7 Å². The zero-order valence-corrected chi connectivity index (χ0v) is 11.0. The Hall–Kier alpha value is -0.670. The number of hydrogen-bond donors (Lipinski definition) is 1. The second-order valence-electron chi connectivity index (χ2n) is 4.50. The molecule has 1 fully saturated rings. The molecule has 0 heterocycles. The zero-order chi connectivity index (χ0) is 11.6. The molecule has 0 aromatic heterocycles. The monoisotopic (exact) mass is 281 g/mol. The Bertz CT molecular complexity index is 381. The predicted molar refractivity (Wildman–Crippen MR) is 68.7 cm³/mol. The molecule has 0 radical (unpaired) electrons. The molecule has 0 bridgehead atoms. The van der Waals surface area contributed by atoms with Crippen molar-refractivity contribution in [3.8, 4) is 0 Å². The first kappa shape index (κ1) is 11.8. The molecule has 1 aromatic carbocycles. The minimum Gasteiger partial charge on any atom is -0.319 e. The largest absolute Gasteiger partial charge is 0.319 e. The number of nitrogens with one attached hydrogen (secondary N) is 1. The number of rotatable bonds is 4. The summed E-state index contributed by atoms with van der Waals surface area (Å²) < 4.78 is 1.01. The molecule has 1 aliphatic carbocycles. The predicted octanol–water partition coefficient (Wildman–Crippen LogP) is 3.02. The van der Waals surface area contributed by atoms with E-state index in [4.69, 9.17) is 0 Å². The molecule has 16 heavy (non-hydrogen) atoms. The van der Waals surface area contributed by atoms with Crippen LogP contribution in [0.4, 0.5) is 0 Å². The van der Waals surface area contributed by atoms with Crippen LogP contribution in [0.2, 0.25) is 0 Å². The molecule has 0 amide bonds. The summed E-state index contributed by atoms with van der Waals surface area (Å²) in [7, 11) is 1.91. The van der Waals surface area contributed by atoms with Crippen molar-refractivity contribution in [2.24, 2.45) is 5.41 Å². The van der Waals surface area contributed by atoms with E-state index in [0.717, 1.165) is 29.4 Å². The Morgan fingerprint density at radius 1 is 1.38 bits per heavy atom. The quantitative estimate of drug-likeness (QED) is 0.860. The van der Waals surface area contributed by atoms with Crippen LogP contribution in [0.5, 0.6) is 0 Å². The maximum Gasteiger partial charge on any atom is 0.170 e. The van der Waals surface area contributed by atoms with Crippen LogP contribution in [-0.4, -0.2) is 19.4 Å². The maximum absolute atomic E-state index is 12.4. The first-order valence-electron chi connectivity index (χ1n) is 5.63. The van der Waals surface area contributed by atoms with Crippen molar-refractivity contribution in [3.05, 3.63) is 34.3 Å². The number of halogens is 1. The normalized spacial score (nSPS) is 17.9. The van der Waals surface area contributed by atoms with Gasteiger partial charge in [-0.15, -0.1) is 0 Å². The molecular formula is C13H16BrNO. The fourth-order valence-electron chi connectivity index (χ4n) is 2.33. The van der Waals surface area contributed by atoms with Gasteiger partial charge in [0.25, 0.3) is 0 Å². The second kappa shape index (κ2) is 4.68. The van der Waals surface area contributed by atoms with Crippen molar-refractivity contribution < 1.29 is 4.79 Å². The lowest BCUT2D eigenvalue weighted by molar-refractivity contribution is 0.0614. The van der Waals surface area contributed by atoms with Crippen molar-refractivity contribution >= 4 is 21.7 Å². The van der Waals surface area contributed by atoms with Crippen LogP contribution < -0.4 is 5.32 Å². The van der Waals surface area contributed by atoms with Crippen LogP contribution in [0, 0.1) is 5.41 Å². The highest BCUT2D eigenvalue weighted by molar-refractivity contribution is 9.10. The van der Waals surface area contributed by atoms with Gasteiger partial charge >= 0.3 is 0 Å². The Balaban J connectivity index is 2.20. The first-order chi connectivity index (χ1) is 7.68. The van der Waals surface area contributed by atoms with E-state index in [-0.39, 0.29) is 5.41 Å². The van der Waals surface area contributed by atoms with E-state index in [1.54, 1.807) is 0 Å². The number of ketones is 1. The number of benzene rings is 1. The van der Waals surface area contributed by atoms with E-state index in [1.807, 2.05) is 31.3 Å². The van der Waals surface area contributed by atoms with E-state index in [2.05, 4.69) is 21.2 Å². The van der Waals surface area contributed by atoms with Crippen LogP contribution in [0.3, 0.4) is 0 Å². The molecule has 0 unspecified atom stereocenters. The van der Waals surface area contributed by atoms with Crippen molar-refractivity contribution in [2.45, 2.75) is 19.3 Å². The lowest BCUT2D eigenvalue weighted by atomic mass is 9.64. The topological polar surface area (TPSA) is 29.1 Å². The lowest BCUT2D eigenvalue weighted by Crippen LogP contribution is -2.45. The van der Waals surface area contributed by atoms with E-state index < -0.39 is 0 Å². The first-order valence-corrected chi connectivity index (χ1v) is 6.42. The van der Waals surface area contributed by atoms with E-state index >= 15 is 0 Å². The van der Waals surface area contributed by atoms with E-state index in [9.17, 15) is 4.79 Å². The SMILES string of the molecule is CNCC1(C(=O)c2ccc(Br)cc2)CCC1. The van der Waals surface area contributed by atoms with Crippen LogP contribution in [0.1, 0.15) is 29.6 Å². The number of Topliss-reactive ketones (excluding diaryl/α,β-unsaturated/α-hetero) is 1. The summed E-state index contributed by atoms with van der Waals surface area (Å²) >= 11 is 3.38. The molecule has 1 aliphatic rings. The summed E-state index contributed by atoms with van der Waals surface area (Å²) in [4.78, 5) is 12.4. The average molecular weight is 282 g/mol. The Morgan fingerprint density at radius 3 is 2.44 bits per heavy atom. The van der Waals surface area contributed by atoms with Crippen molar-refractivity contribution in [3.63, 3.8) is 0 Å². The van der Waals surface area contributed by atoms with E-state index in [1.165, 1.54) is 6.42 Å². The average Bonchev–Trinajstić information content (AvgIpc) is 2.23. The Morgan fingerprint density at radius 2 is 2.00 bits per heavy atom. The van der Waals surface area contributed by atoms with Crippen molar-refractivity contribution in [1.82, 2.24) is 5.32 Å². The fourth-order valence-corrected chi connectivity index (χ4v) is 2.60. The highest BCUT2D eigenvalue weighted by Gasteiger charge is 2.43. The van der Waals surface area contributed by atoms with Gasteiger partial charge in [-0.25, -0.2) is 0 Å². The van der Waals surface area contributed by atoms with Crippen molar-refractivity contribution in [2.75, 3.05) is 13.6 Å². The van der Waals surface area contributed by atoms with Gasteiger partial charge in [-0.05, 0) is 32.0 Å². The molecule has 0 aliphatic heterocycles. The minimum atomic E-state index is -0.136. The molecular weight excluding hydrogens is 266 g/mol. The molecule has 3 heteroatoms. The highest BCUT2D eigenvalue weighted by atomic mass is 79.9. The van der Waals surface area contributed by atoms with Gasteiger partial charge < -0.3 is 5.32 Å². The number of carbonyl (C=O) groups excluding carboxylic acids is 1. The summed E-state index contributed by atoms with van der Waals surface area (Å²) in [6.45, 7) is 0.794. The maximum atomic E-state index is 12.4. The van der Waals surface area contributed by atoms with Gasteiger partial charge in [0.05, 0.1) is 0 Å². The summed E-state index contributed by atoms with van der Waals surface area (Å²) in [6.07, 6.45) is 3.20. The van der Waals surface area contributed by atoms with Crippen LogP contribution >= 0.6 is 15.9 Å². The van der Waals surface area contributed by atoms with E-state index in [0.29, 0.717) is 5.78 Å². The minimum absolute atomic E-state index is 0.136. The van der Waals surface area contributed by atoms with Gasteiger partial charge in [-0.2, -0.15) is 0 Å². The molecule has 2 rings (SSSR count). The lowest BCUT2D eigenvalue weighted by Gasteiger charge is -2.40. The van der Waals surface area contributed by atoms with Crippen LogP contribution in [-0.2, 0) is 0 Å². The Kier molecular flexibility index (Phi) is 3.45. The third-order valence-corrected chi connectivity index (χ3v) is 3.94. The molecule has 0 saturated heterocycles. The highest BCUT2D eigenvalue weighted by Crippen LogP contribution is 2.43. The van der Waals surface area contributed by atoms with Gasteiger partial charge in [-0.3, -0.25) is 4.79 Å². The van der Waals surface area contributed by atoms with Gasteiger partial charge in [0.15, 0.2) is 5.78 Å². The third kappa shape index (κ3) is 2.06.